The van der Waals surface area contributed by atoms with E-state index in [9.17, 15) is 12.8 Å². The Labute approximate surface area is 126 Å². The number of hydrogen-bond donors (Lipinski definition) is 2. The molecule has 1 rings (SSSR count). The van der Waals surface area contributed by atoms with Gasteiger partial charge in [0.05, 0.1) is 4.90 Å². The third-order valence-electron chi connectivity index (χ3n) is 3.05. The van der Waals surface area contributed by atoms with Gasteiger partial charge in [0, 0.05) is 12.6 Å². The minimum absolute atomic E-state index is 0.00597. The van der Waals surface area contributed by atoms with Crippen molar-refractivity contribution in [1.29, 1.82) is 0 Å². The topological polar surface area (TPSA) is 61.4 Å². The molecule has 1 aromatic carbocycles. The highest BCUT2D eigenvalue weighted by Gasteiger charge is 2.21. The summed E-state index contributed by atoms with van der Waals surface area (Å²) in [6.07, 6.45) is 0.683. The molecule has 1 atom stereocenters. The molecule has 0 aromatic heterocycles. The molecule has 0 saturated carbocycles. The molecule has 120 valence electrons. The van der Waals surface area contributed by atoms with Crippen LogP contribution in [-0.2, 0) is 16.6 Å². The summed E-state index contributed by atoms with van der Waals surface area (Å²) in [7, 11) is 1.84. The first-order chi connectivity index (χ1) is 9.76. The van der Waals surface area contributed by atoms with Crippen molar-refractivity contribution < 1.29 is 12.8 Å². The van der Waals surface area contributed by atoms with Crippen LogP contribution in [0.3, 0.4) is 0 Å². The largest absolute Gasteiger partial charge is 0.316 e. The molecule has 5 nitrogen and oxygen atoms in total. The van der Waals surface area contributed by atoms with Crippen molar-refractivity contribution in [3.05, 3.63) is 29.6 Å². The number of rotatable bonds is 8. The van der Waals surface area contributed by atoms with Crippen LogP contribution in [-0.4, -0.2) is 47.0 Å². The molecule has 0 bridgehead atoms. The smallest absolute Gasteiger partial charge is 0.241 e. The van der Waals surface area contributed by atoms with Crippen LogP contribution in [0, 0.1) is 5.82 Å². The average molecular weight is 317 g/mol. The molecule has 0 aliphatic carbocycles. The molecule has 1 aromatic rings. The zero-order valence-electron chi connectivity index (χ0n) is 13.0. The van der Waals surface area contributed by atoms with Gasteiger partial charge in [-0.3, -0.25) is 0 Å². The molecule has 2 N–H and O–H groups in total. The van der Waals surface area contributed by atoms with Gasteiger partial charge >= 0.3 is 0 Å². The number of nitrogens with one attached hydrogen (secondary N) is 2. The first kappa shape index (κ1) is 18.0. The van der Waals surface area contributed by atoms with Crippen LogP contribution in [0.5, 0.6) is 0 Å². The molecule has 0 aliphatic heterocycles. The first-order valence-corrected chi connectivity index (χ1v) is 8.34. The molecule has 0 fully saturated rings. The summed E-state index contributed by atoms with van der Waals surface area (Å²) in [6.45, 7) is 2.94. The van der Waals surface area contributed by atoms with Gasteiger partial charge in [0.1, 0.15) is 5.82 Å². The minimum Gasteiger partial charge on any atom is -0.316 e. The van der Waals surface area contributed by atoms with Crippen LogP contribution in [0.15, 0.2) is 23.1 Å². The average Bonchev–Trinajstić information content (AvgIpc) is 2.38. The van der Waals surface area contributed by atoms with Crippen molar-refractivity contribution >= 4 is 10.0 Å². The van der Waals surface area contributed by atoms with Gasteiger partial charge in [-0.25, -0.2) is 17.5 Å². The molecule has 0 aliphatic rings. The van der Waals surface area contributed by atoms with E-state index in [0.29, 0.717) is 18.5 Å². The highest BCUT2D eigenvalue weighted by atomic mass is 32.2. The molecule has 7 heteroatoms. The second kappa shape index (κ2) is 7.84. The second-order valence-electron chi connectivity index (χ2n) is 5.40. The third-order valence-corrected chi connectivity index (χ3v) is 4.72. The standard InChI is InChI=1S/C14H24FN3O2S/c1-11(7-8-18(3)4)17-21(19,20)14-9-13(15)6-5-12(14)10-16-2/h5-6,9,11,16-17H,7-8,10H2,1-4H3. The zero-order chi connectivity index (χ0) is 16.0. The Balaban J connectivity index is 2.94. The molecular formula is C14H24FN3O2S. The number of sulfonamides is 1. The lowest BCUT2D eigenvalue weighted by molar-refractivity contribution is 0.379. The van der Waals surface area contributed by atoms with Gasteiger partial charge in [-0.15, -0.1) is 0 Å². The van der Waals surface area contributed by atoms with Crippen molar-refractivity contribution in [2.24, 2.45) is 0 Å². The van der Waals surface area contributed by atoms with E-state index in [1.165, 1.54) is 12.1 Å². The quantitative estimate of drug-likeness (QED) is 0.755. The van der Waals surface area contributed by atoms with Crippen molar-refractivity contribution in [1.82, 2.24) is 14.9 Å². The number of benzene rings is 1. The summed E-state index contributed by atoms with van der Waals surface area (Å²) in [5, 5.41) is 2.89. The van der Waals surface area contributed by atoms with E-state index in [1.807, 2.05) is 19.0 Å². The van der Waals surface area contributed by atoms with Crippen LogP contribution < -0.4 is 10.0 Å². The molecule has 0 radical (unpaired) electrons. The fourth-order valence-electron chi connectivity index (χ4n) is 1.95. The molecular weight excluding hydrogens is 293 g/mol. The van der Waals surface area contributed by atoms with Gasteiger partial charge in [-0.2, -0.15) is 0 Å². The van der Waals surface area contributed by atoms with Crippen molar-refractivity contribution in [3.63, 3.8) is 0 Å². The third kappa shape index (κ3) is 5.70. The van der Waals surface area contributed by atoms with Crippen LogP contribution in [0.1, 0.15) is 18.9 Å². The Morgan fingerprint density at radius 1 is 1.33 bits per heavy atom. The maximum Gasteiger partial charge on any atom is 0.241 e. The van der Waals surface area contributed by atoms with Gasteiger partial charge < -0.3 is 10.2 Å². The van der Waals surface area contributed by atoms with E-state index in [0.717, 1.165) is 12.6 Å². The van der Waals surface area contributed by atoms with Crippen LogP contribution in [0.25, 0.3) is 0 Å². The number of halogens is 1. The van der Waals surface area contributed by atoms with Gasteiger partial charge in [-0.1, -0.05) is 6.07 Å². The highest BCUT2D eigenvalue weighted by Crippen LogP contribution is 2.18. The Bertz CT molecular complexity index is 561. The molecule has 0 spiro atoms. The summed E-state index contributed by atoms with van der Waals surface area (Å²) in [6, 6.07) is 3.60. The fraction of sp³-hybridized carbons (Fsp3) is 0.571. The second-order valence-corrected chi connectivity index (χ2v) is 7.08. The van der Waals surface area contributed by atoms with E-state index in [1.54, 1.807) is 14.0 Å². The summed E-state index contributed by atoms with van der Waals surface area (Å²) in [5.41, 5.74) is 0.547. The predicted octanol–water partition coefficient (Wildman–Crippen LogP) is 1.16. The van der Waals surface area contributed by atoms with E-state index in [4.69, 9.17) is 0 Å². The van der Waals surface area contributed by atoms with Crippen LogP contribution >= 0.6 is 0 Å². The molecule has 21 heavy (non-hydrogen) atoms. The molecule has 0 heterocycles. The summed E-state index contributed by atoms with van der Waals surface area (Å²) >= 11 is 0. The monoisotopic (exact) mass is 317 g/mol. The molecule has 0 amide bonds. The zero-order valence-corrected chi connectivity index (χ0v) is 13.8. The van der Waals surface area contributed by atoms with E-state index in [-0.39, 0.29) is 10.9 Å². The molecule has 1 unspecified atom stereocenters. The normalized spacial score (nSPS) is 13.6. The van der Waals surface area contributed by atoms with Crippen molar-refractivity contribution in [2.45, 2.75) is 30.8 Å². The van der Waals surface area contributed by atoms with E-state index >= 15 is 0 Å². The molecule has 0 saturated heterocycles. The maximum atomic E-state index is 13.4. The summed E-state index contributed by atoms with van der Waals surface area (Å²) < 4.78 is 40.8. The van der Waals surface area contributed by atoms with Gasteiger partial charge in [-0.05, 0) is 58.7 Å². The van der Waals surface area contributed by atoms with Gasteiger partial charge in [0.2, 0.25) is 10.0 Å². The van der Waals surface area contributed by atoms with E-state index < -0.39 is 15.8 Å². The van der Waals surface area contributed by atoms with E-state index in [2.05, 4.69) is 10.0 Å². The summed E-state index contributed by atoms with van der Waals surface area (Å²) in [4.78, 5) is 1.98. The van der Waals surface area contributed by atoms with Crippen LogP contribution in [0.2, 0.25) is 0 Å². The number of hydrogen-bond acceptors (Lipinski definition) is 4. The Morgan fingerprint density at radius 3 is 2.57 bits per heavy atom. The van der Waals surface area contributed by atoms with Gasteiger partial charge in [0.15, 0.2) is 0 Å². The summed E-state index contributed by atoms with van der Waals surface area (Å²) in [5.74, 6) is -0.559. The Hall–Kier alpha value is -1.02. The SMILES string of the molecule is CNCc1ccc(F)cc1S(=O)(=O)NC(C)CCN(C)C. The number of nitrogens with zero attached hydrogens (tertiary/aromatic N) is 1. The Morgan fingerprint density at radius 2 is 2.00 bits per heavy atom. The highest BCUT2D eigenvalue weighted by molar-refractivity contribution is 7.89. The lowest BCUT2D eigenvalue weighted by Crippen LogP contribution is -2.35. The van der Waals surface area contributed by atoms with Crippen molar-refractivity contribution in [3.8, 4) is 0 Å². The lowest BCUT2D eigenvalue weighted by atomic mass is 10.2. The maximum absolute atomic E-state index is 13.4. The fourth-order valence-corrected chi connectivity index (χ4v) is 3.48. The first-order valence-electron chi connectivity index (χ1n) is 6.86. The van der Waals surface area contributed by atoms with Crippen molar-refractivity contribution in [2.75, 3.05) is 27.7 Å². The predicted molar refractivity (Wildman–Crippen MR) is 82.1 cm³/mol. The van der Waals surface area contributed by atoms with Gasteiger partial charge in [0.25, 0.3) is 0 Å². The Kier molecular flexibility index (Phi) is 6.73. The lowest BCUT2D eigenvalue weighted by Gasteiger charge is -2.18. The minimum atomic E-state index is -3.73. The van der Waals surface area contributed by atoms with Crippen LogP contribution in [0.4, 0.5) is 4.39 Å².